The van der Waals surface area contributed by atoms with E-state index in [1.807, 2.05) is 44.2 Å². The molecule has 0 aliphatic carbocycles. The molecule has 0 fully saturated rings. The number of rotatable bonds is 8. The first kappa shape index (κ1) is 22.2. The van der Waals surface area contributed by atoms with Crippen LogP contribution in [0.2, 0.25) is 0 Å². The molecule has 1 aliphatic rings. The lowest BCUT2D eigenvalue weighted by Gasteiger charge is -2.30. The molecular weight excluding hydrogens is 386 g/mol. The molecule has 0 saturated carbocycles. The Morgan fingerprint density at radius 1 is 1.16 bits per heavy atom. The fourth-order valence-corrected chi connectivity index (χ4v) is 3.52. The predicted octanol–water partition coefficient (Wildman–Crippen LogP) is 5.63. The number of hydrogen-bond donors (Lipinski definition) is 0. The number of fused-ring (bicyclic) bond motifs is 1. The molecule has 0 aromatic heterocycles. The Balaban J connectivity index is 1.86. The summed E-state index contributed by atoms with van der Waals surface area (Å²) in [7, 11) is 0. The van der Waals surface area contributed by atoms with E-state index in [2.05, 4.69) is 36.8 Å². The van der Waals surface area contributed by atoms with Gasteiger partial charge < -0.3 is 14.4 Å². The van der Waals surface area contributed by atoms with Crippen molar-refractivity contribution in [3.8, 4) is 23.8 Å². The van der Waals surface area contributed by atoms with Crippen LogP contribution in [0, 0.1) is 12.3 Å². The molecular formula is C27H29NO3. The van der Waals surface area contributed by atoms with Gasteiger partial charge in [-0.3, -0.25) is 4.79 Å². The summed E-state index contributed by atoms with van der Waals surface area (Å²) in [6, 6.07) is 11.7. The zero-order valence-corrected chi connectivity index (χ0v) is 18.6. The van der Waals surface area contributed by atoms with Crippen molar-refractivity contribution in [3.63, 3.8) is 0 Å². The van der Waals surface area contributed by atoms with Crippen LogP contribution < -0.4 is 14.4 Å². The summed E-state index contributed by atoms with van der Waals surface area (Å²) < 4.78 is 11.8. The molecule has 0 atom stereocenters. The van der Waals surface area contributed by atoms with Crippen molar-refractivity contribution in [2.75, 3.05) is 24.6 Å². The van der Waals surface area contributed by atoms with Crippen LogP contribution in [-0.2, 0) is 0 Å². The van der Waals surface area contributed by atoms with E-state index < -0.39 is 5.60 Å². The Bertz CT molecular complexity index is 1040. The van der Waals surface area contributed by atoms with E-state index in [1.54, 1.807) is 18.2 Å². The van der Waals surface area contributed by atoms with Crippen LogP contribution in [0.25, 0.3) is 12.2 Å². The van der Waals surface area contributed by atoms with Crippen LogP contribution in [0.15, 0.2) is 48.6 Å². The summed E-state index contributed by atoms with van der Waals surface area (Å²) in [5, 5.41) is 0. The van der Waals surface area contributed by atoms with Gasteiger partial charge in [0.15, 0.2) is 5.78 Å². The Hall–Kier alpha value is -3.45. The first-order valence-electron chi connectivity index (χ1n) is 10.6. The van der Waals surface area contributed by atoms with Crippen molar-refractivity contribution in [1.29, 1.82) is 0 Å². The molecule has 4 nitrogen and oxygen atoms in total. The Kier molecular flexibility index (Phi) is 6.87. The molecule has 3 rings (SSSR count). The molecule has 31 heavy (non-hydrogen) atoms. The number of ketones is 1. The molecule has 1 heterocycles. The lowest BCUT2D eigenvalue weighted by atomic mass is 9.97. The molecule has 0 radical (unpaired) electrons. The van der Waals surface area contributed by atoms with Gasteiger partial charge in [0, 0.05) is 18.8 Å². The number of ether oxygens (including phenoxy) is 2. The maximum Gasteiger partial charge on any atom is 0.189 e. The smallest absolute Gasteiger partial charge is 0.189 e. The third-order valence-electron chi connectivity index (χ3n) is 5.20. The molecule has 4 heteroatoms. The van der Waals surface area contributed by atoms with E-state index >= 15 is 0 Å². The van der Waals surface area contributed by atoms with Crippen LogP contribution in [0.1, 0.15) is 49.2 Å². The summed E-state index contributed by atoms with van der Waals surface area (Å²) in [4.78, 5) is 15.3. The van der Waals surface area contributed by atoms with Crippen molar-refractivity contribution in [2.45, 2.75) is 33.3 Å². The number of nitrogens with zero attached hydrogens (tertiary/aromatic N) is 1. The minimum atomic E-state index is -0.517. The van der Waals surface area contributed by atoms with E-state index in [-0.39, 0.29) is 12.4 Å². The van der Waals surface area contributed by atoms with E-state index in [4.69, 9.17) is 15.9 Å². The van der Waals surface area contributed by atoms with Crippen LogP contribution >= 0.6 is 0 Å². The van der Waals surface area contributed by atoms with Crippen LogP contribution in [-0.4, -0.2) is 31.1 Å². The number of terminal acetylenes is 1. The molecule has 0 bridgehead atoms. The third kappa shape index (κ3) is 5.19. The second kappa shape index (κ2) is 9.57. The Labute approximate surface area is 185 Å². The highest BCUT2D eigenvalue weighted by molar-refractivity contribution is 6.09. The van der Waals surface area contributed by atoms with E-state index in [0.717, 1.165) is 24.2 Å². The second-order valence-electron chi connectivity index (χ2n) is 7.85. The van der Waals surface area contributed by atoms with Gasteiger partial charge in [-0.2, -0.15) is 0 Å². The molecule has 0 saturated heterocycles. The maximum atomic E-state index is 13.0. The number of carbonyl (C=O) groups excluding carboxylic acids is 1. The molecule has 1 aliphatic heterocycles. The van der Waals surface area contributed by atoms with Crippen molar-refractivity contribution < 1.29 is 14.3 Å². The summed E-state index contributed by atoms with van der Waals surface area (Å²) in [5.74, 6) is 3.46. The number of benzene rings is 2. The number of anilines is 1. The fraction of sp³-hybridized carbons (Fsp3) is 0.296. The lowest BCUT2D eigenvalue weighted by Crippen LogP contribution is -2.28. The fourth-order valence-electron chi connectivity index (χ4n) is 3.52. The van der Waals surface area contributed by atoms with Crippen LogP contribution in [0.5, 0.6) is 11.5 Å². The monoisotopic (exact) mass is 415 g/mol. The topological polar surface area (TPSA) is 38.8 Å². The highest BCUT2D eigenvalue weighted by Crippen LogP contribution is 2.40. The average molecular weight is 416 g/mol. The number of hydrogen-bond acceptors (Lipinski definition) is 4. The van der Waals surface area contributed by atoms with Gasteiger partial charge in [0.2, 0.25) is 0 Å². The van der Waals surface area contributed by atoms with Gasteiger partial charge in [-0.15, -0.1) is 6.42 Å². The van der Waals surface area contributed by atoms with Crippen LogP contribution in [0.3, 0.4) is 0 Å². The largest absolute Gasteiger partial charge is 0.482 e. The number of carbonyl (C=O) groups is 1. The van der Waals surface area contributed by atoms with Crippen molar-refractivity contribution in [2.24, 2.45) is 0 Å². The van der Waals surface area contributed by atoms with Gasteiger partial charge in [0.25, 0.3) is 0 Å². The maximum absolute atomic E-state index is 13.0. The highest BCUT2D eigenvalue weighted by Gasteiger charge is 2.27. The molecule has 160 valence electrons. The lowest BCUT2D eigenvalue weighted by molar-refractivity contribution is 0.103. The van der Waals surface area contributed by atoms with Crippen molar-refractivity contribution >= 4 is 23.6 Å². The normalized spacial score (nSPS) is 13.9. The third-order valence-corrected chi connectivity index (χ3v) is 5.20. The minimum Gasteiger partial charge on any atom is -0.482 e. The van der Waals surface area contributed by atoms with Gasteiger partial charge in [0.1, 0.15) is 23.7 Å². The summed E-state index contributed by atoms with van der Waals surface area (Å²) in [5.41, 5.74) is 2.85. The number of allylic oxidation sites excluding steroid dienone is 1. The van der Waals surface area contributed by atoms with Gasteiger partial charge >= 0.3 is 0 Å². The second-order valence-corrected chi connectivity index (χ2v) is 7.85. The van der Waals surface area contributed by atoms with Gasteiger partial charge in [0.05, 0.1) is 11.1 Å². The first-order chi connectivity index (χ1) is 14.9. The molecule has 2 aromatic rings. The van der Waals surface area contributed by atoms with E-state index in [1.165, 1.54) is 5.69 Å². The molecule has 0 unspecified atom stereocenters. The summed E-state index contributed by atoms with van der Waals surface area (Å²) in [6.07, 6.45) is 12.6. The van der Waals surface area contributed by atoms with Gasteiger partial charge in [-0.1, -0.05) is 24.1 Å². The highest BCUT2D eigenvalue weighted by atomic mass is 16.5. The van der Waals surface area contributed by atoms with Crippen molar-refractivity contribution in [1.82, 2.24) is 0 Å². The van der Waals surface area contributed by atoms with E-state index in [9.17, 15) is 4.79 Å². The molecule has 0 amide bonds. The Morgan fingerprint density at radius 2 is 1.87 bits per heavy atom. The molecule has 2 aromatic carbocycles. The summed E-state index contributed by atoms with van der Waals surface area (Å²) >= 11 is 0. The quantitative estimate of drug-likeness (QED) is 0.318. The standard InChI is InChI=1S/C27H29NO3/c1-6-19-30-25-16-14-22(26-23(25)17-18-27(4,5)31-26)24(29)15-11-20-9-12-21(13-10-20)28(7-2)8-3/h1,9-18H,7-8,19H2,2-5H3. The first-order valence-corrected chi connectivity index (χ1v) is 10.6. The van der Waals surface area contributed by atoms with Gasteiger partial charge in [-0.25, -0.2) is 0 Å². The van der Waals surface area contributed by atoms with Crippen LogP contribution in [0.4, 0.5) is 5.69 Å². The average Bonchev–Trinajstić information content (AvgIpc) is 2.76. The van der Waals surface area contributed by atoms with E-state index in [0.29, 0.717) is 17.1 Å². The molecule has 0 spiro atoms. The molecule has 0 N–H and O–H groups in total. The summed E-state index contributed by atoms with van der Waals surface area (Å²) in [6.45, 7) is 10.2. The predicted molar refractivity (Wildman–Crippen MR) is 128 cm³/mol. The van der Waals surface area contributed by atoms with Gasteiger partial charge in [-0.05, 0) is 75.8 Å². The zero-order valence-electron chi connectivity index (χ0n) is 18.6. The SMILES string of the molecule is C#CCOc1ccc(C(=O)C=Cc2ccc(N(CC)CC)cc2)c2c1C=CC(C)(C)O2. The Morgan fingerprint density at radius 3 is 2.52 bits per heavy atom. The minimum absolute atomic E-state index is 0.126. The van der Waals surface area contributed by atoms with Crippen molar-refractivity contribution in [3.05, 3.63) is 65.2 Å². The zero-order chi connectivity index (χ0) is 22.4.